The molecule has 0 saturated carbocycles. The van der Waals surface area contributed by atoms with Gasteiger partial charge >= 0.3 is 0 Å². The first-order valence-electron chi connectivity index (χ1n) is 17.3. The summed E-state index contributed by atoms with van der Waals surface area (Å²) in [5.41, 5.74) is 8.58. The first-order chi connectivity index (χ1) is 25.9. The van der Waals surface area contributed by atoms with Crippen molar-refractivity contribution < 1.29 is 0 Å². The molecule has 0 fully saturated rings. The molecule has 0 N–H and O–H groups in total. The summed E-state index contributed by atoms with van der Waals surface area (Å²) in [6, 6.07) is 49.3. The van der Waals surface area contributed by atoms with Crippen molar-refractivity contribution >= 4 is 131 Å². The maximum absolute atomic E-state index is 6.75. The highest BCUT2D eigenvalue weighted by Gasteiger charge is 2.25. The van der Waals surface area contributed by atoms with E-state index in [-0.39, 0.29) is 27.3 Å². The van der Waals surface area contributed by atoms with E-state index in [0.29, 0.717) is 11.4 Å². The summed E-state index contributed by atoms with van der Waals surface area (Å²) in [6.45, 7) is 0. The zero-order chi connectivity index (χ0) is 36.0. The molecule has 0 aliphatic heterocycles. The highest BCUT2D eigenvalue weighted by molar-refractivity contribution is 7.25. The molecule has 0 spiro atoms. The van der Waals surface area contributed by atoms with Crippen LogP contribution in [0.25, 0.3) is 92.1 Å². The van der Waals surface area contributed by atoms with Crippen molar-refractivity contribution in [3.8, 4) is 39.3 Å². The van der Waals surface area contributed by atoms with Crippen LogP contribution in [0.15, 0.2) is 140 Å². The molecule has 8 heteroatoms. The number of thiophene rings is 1. The SMILES string of the molecule is [B]c1c([B])c([B])c(-c2nc3ccccc3n2-c2c3ccccc3c(-c3ccc4sc5ccccc5c4c3)c3cc(-c4ccccc4)ccc23)c([B])c1[B]. The molecule has 2 nitrogen and oxygen atoms in total. The quantitative estimate of drug-likeness (QED) is 0.150. The maximum Gasteiger partial charge on any atom is 0.144 e. The molecule has 0 aliphatic carbocycles. The molecule has 8 aromatic carbocycles. The molecule has 0 saturated heterocycles. The van der Waals surface area contributed by atoms with Crippen LogP contribution in [0.3, 0.4) is 0 Å². The van der Waals surface area contributed by atoms with Gasteiger partial charge < -0.3 is 0 Å². The number of hydrogen-bond acceptors (Lipinski definition) is 2. The minimum absolute atomic E-state index is 0.162. The molecule has 234 valence electrons. The monoisotopic (exact) mass is 678 g/mol. The number of fused-ring (bicyclic) bond motifs is 6. The van der Waals surface area contributed by atoms with E-state index in [1.165, 1.54) is 20.2 Å². The van der Waals surface area contributed by atoms with Crippen LogP contribution in [0.2, 0.25) is 0 Å². The summed E-state index contributed by atoms with van der Waals surface area (Å²) < 4.78 is 4.69. The third-order valence-corrected chi connectivity index (χ3v) is 11.6. The largest absolute Gasteiger partial charge is 0.291 e. The second-order valence-corrected chi connectivity index (χ2v) is 14.5. The minimum Gasteiger partial charge on any atom is -0.291 e. The number of nitrogens with zero attached hydrogens (tertiary/aromatic N) is 2. The molecule has 0 unspecified atom stereocenters. The number of benzene rings is 8. The van der Waals surface area contributed by atoms with Crippen molar-refractivity contribution in [2.45, 2.75) is 0 Å². The molecule has 10 rings (SSSR count). The standard InChI is InChI=1S/C45H23B5N2S/c46-39-38(40(47)42(49)43(50)41(39)48)45-51-33-15-7-8-16-34(33)52(45)44-29-14-5-4-13-28(29)37(32-22-25(18-20-30(32)44)24-10-2-1-3-11-24)26-19-21-36-31(23-26)27-12-6-9-17-35(27)53-36/h1-23H. The average Bonchev–Trinajstić information content (AvgIpc) is 3.76. The van der Waals surface area contributed by atoms with Crippen LogP contribution < -0.4 is 27.3 Å². The van der Waals surface area contributed by atoms with Gasteiger partial charge in [0.2, 0.25) is 0 Å². The number of aromatic nitrogens is 2. The lowest BCUT2D eigenvalue weighted by Gasteiger charge is -2.24. The second kappa shape index (κ2) is 12.2. The van der Waals surface area contributed by atoms with Crippen molar-refractivity contribution in [3.63, 3.8) is 0 Å². The smallest absolute Gasteiger partial charge is 0.144 e. The summed E-state index contributed by atoms with van der Waals surface area (Å²) in [7, 11) is 32.7. The van der Waals surface area contributed by atoms with Gasteiger partial charge in [-0.05, 0) is 69.4 Å². The van der Waals surface area contributed by atoms with Crippen LogP contribution in [0.5, 0.6) is 0 Å². The van der Waals surface area contributed by atoms with Crippen molar-refractivity contribution in [2.24, 2.45) is 0 Å². The number of imidazole rings is 1. The van der Waals surface area contributed by atoms with Crippen molar-refractivity contribution in [3.05, 3.63) is 140 Å². The Morgan fingerprint density at radius 2 is 1.00 bits per heavy atom. The molecule has 0 bridgehead atoms. The van der Waals surface area contributed by atoms with Crippen molar-refractivity contribution in [1.82, 2.24) is 9.55 Å². The van der Waals surface area contributed by atoms with E-state index in [1.54, 1.807) is 0 Å². The first-order valence-corrected chi connectivity index (χ1v) is 18.2. The van der Waals surface area contributed by atoms with Gasteiger partial charge in [-0.1, -0.05) is 114 Å². The Kier molecular flexibility index (Phi) is 7.35. The van der Waals surface area contributed by atoms with Gasteiger partial charge in [-0.3, -0.25) is 4.57 Å². The van der Waals surface area contributed by atoms with E-state index in [9.17, 15) is 0 Å². The molecular formula is C45H23B5N2S. The Morgan fingerprint density at radius 3 is 1.79 bits per heavy atom. The molecule has 2 heterocycles. The van der Waals surface area contributed by atoms with Gasteiger partial charge in [0.1, 0.15) is 45.1 Å². The van der Waals surface area contributed by atoms with Gasteiger partial charge in [-0.15, -0.1) is 27.7 Å². The average molecular weight is 678 g/mol. The third kappa shape index (κ3) is 4.82. The highest BCUT2D eigenvalue weighted by Crippen LogP contribution is 2.46. The fourth-order valence-corrected chi connectivity index (χ4v) is 9.00. The number of rotatable bonds is 4. The highest BCUT2D eigenvalue weighted by atomic mass is 32.1. The third-order valence-electron chi connectivity index (χ3n) is 10.5. The number of hydrogen-bond donors (Lipinski definition) is 0. The topological polar surface area (TPSA) is 17.8 Å². The summed E-state index contributed by atoms with van der Waals surface area (Å²) in [5, 5.41) is 6.77. The van der Waals surface area contributed by atoms with E-state index in [2.05, 4.69) is 120 Å². The van der Waals surface area contributed by atoms with Gasteiger partial charge in [-0.2, -0.15) is 0 Å². The lowest BCUT2D eigenvalue weighted by atomic mass is 9.60. The molecular weight excluding hydrogens is 655 g/mol. The zero-order valence-electron chi connectivity index (χ0n) is 28.5. The van der Waals surface area contributed by atoms with Crippen LogP contribution in [0, 0.1) is 0 Å². The van der Waals surface area contributed by atoms with E-state index in [4.69, 9.17) is 44.2 Å². The minimum atomic E-state index is 0.162. The first kappa shape index (κ1) is 32.0. The number of para-hydroxylation sites is 2. The Bertz CT molecular complexity index is 3100. The van der Waals surface area contributed by atoms with Crippen molar-refractivity contribution in [2.75, 3.05) is 0 Å². The molecule has 0 aliphatic rings. The maximum atomic E-state index is 6.75. The van der Waals surface area contributed by atoms with Gasteiger partial charge in [0.05, 0.1) is 16.7 Å². The van der Waals surface area contributed by atoms with Crippen LogP contribution in [-0.4, -0.2) is 48.8 Å². The Hall–Kier alpha value is -5.71. The predicted octanol–water partition coefficient (Wildman–Crippen LogP) is 6.67. The molecule has 2 aromatic heterocycles. The summed E-state index contributed by atoms with van der Waals surface area (Å²) in [6.07, 6.45) is 0. The lowest BCUT2D eigenvalue weighted by molar-refractivity contribution is 1.13. The van der Waals surface area contributed by atoms with Crippen molar-refractivity contribution in [1.29, 1.82) is 0 Å². The summed E-state index contributed by atoms with van der Waals surface area (Å²) in [4.78, 5) is 5.16. The van der Waals surface area contributed by atoms with E-state index in [1.807, 2.05) is 35.6 Å². The summed E-state index contributed by atoms with van der Waals surface area (Å²) >= 11 is 1.82. The van der Waals surface area contributed by atoms with Gasteiger partial charge in [-0.25, -0.2) is 4.98 Å². The van der Waals surface area contributed by atoms with Gasteiger partial charge in [0.15, 0.2) is 0 Å². The van der Waals surface area contributed by atoms with Crippen LogP contribution in [0.1, 0.15) is 0 Å². The van der Waals surface area contributed by atoms with Crippen LogP contribution >= 0.6 is 11.3 Å². The van der Waals surface area contributed by atoms with E-state index < -0.39 is 0 Å². The Labute approximate surface area is 317 Å². The van der Waals surface area contributed by atoms with Crippen LogP contribution in [-0.2, 0) is 0 Å². The molecule has 10 radical (unpaired) electrons. The van der Waals surface area contributed by atoms with E-state index >= 15 is 0 Å². The fraction of sp³-hybridized carbons (Fsp3) is 0. The van der Waals surface area contributed by atoms with Gasteiger partial charge in [0, 0.05) is 36.5 Å². The molecule has 53 heavy (non-hydrogen) atoms. The zero-order valence-corrected chi connectivity index (χ0v) is 29.3. The Balaban J connectivity index is 1.38. The van der Waals surface area contributed by atoms with Gasteiger partial charge in [0.25, 0.3) is 0 Å². The molecule has 10 aromatic rings. The predicted molar refractivity (Wildman–Crippen MR) is 232 cm³/mol. The second-order valence-electron chi connectivity index (χ2n) is 13.4. The molecule has 0 amide bonds. The fourth-order valence-electron chi connectivity index (χ4n) is 7.91. The lowest BCUT2D eigenvalue weighted by Crippen LogP contribution is -2.55. The van der Waals surface area contributed by atoms with Crippen LogP contribution in [0.4, 0.5) is 0 Å². The Morgan fingerprint density at radius 1 is 0.415 bits per heavy atom. The molecule has 0 atom stereocenters. The van der Waals surface area contributed by atoms with E-state index in [0.717, 1.165) is 60.5 Å². The summed E-state index contributed by atoms with van der Waals surface area (Å²) in [5.74, 6) is 0.525. The normalized spacial score (nSPS) is 11.8.